The van der Waals surface area contributed by atoms with E-state index in [-0.39, 0.29) is 0 Å². The normalized spacial score (nSPS) is 12.5. The largest absolute Gasteiger partial charge is 0.456 e. The lowest BCUT2D eigenvalue weighted by Crippen LogP contribution is -2.08. The summed E-state index contributed by atoms with van der Waals surface area (Å²) in [7, 11) is -2.15. The number of hydrogen-bond acceptors (Lipinski definition) is 5. The first-order valence-electron chi connectivity index (χ1n) is 23.3. The molecule has 0 aliphatic heterocycles. The van der Waals surface area contributed by atoms with Crippen molar-refractivity contribution in [3.63, 3.8) is 0 Å². The molecule has 0 aliphatic carbocycles. The molecule has 0 unspecified atom stereocenters. The molecular formula is C60H38N8OS. The van der Waals surface area contributed by atoms with Crippen LogP contribution >= 0.6 is 10.0 Å². The lowest BCUT2D eigenvalue weighted by molar-refractivity contribution is 0.668. The monoisotopic (exact) mass is 918 g/mol. The van der Waals surface area contributed by atoms with Crippen LogP contribution in [0.2, 0.25) is 0 Å². The fraction of sp³-hybridized carbons (Fsp3) is 0. The zero-order valence-electron chi connectivity index (χ0n) is 37.3. The second kappa shape index (κ2) is 14.9. The summed E-state index contributed by atoms with van der Waals surface area (Å²) in [5.74, 6) is 2.67. The molecular weight excluding hydrogens is 881 g/mol. The minimum atomic E-state index is -2.15. The summed E-state index contributed by atoms with van der Waals surface area (Å²) in [4.78, 5) is 26.5. The first-order valence-corrected chi connectivity index (χ1v) is 24.9. The van der Waals surface area contributed by atoms with Crippen LogP contribution in [0.5, 0.6) is 0 Å². The van der Waals surface area contributed by atoms with Crippen molar-refractivity contribution < 1.29 is 4.42 Å². The van der Waals surface area contributed by atoms with Crippen LogP contribution < -0.4 is 0 Å². The number of aromatic nitrogens is 8. The van der Waals surface area contributed by atoms with Crippen molar-refractivity contribution in [3.05, 3.63) is 231 Å². The Hall–Kier alpha value is -9.25. The van der Waals surface area contributed by atoms with Gasteiger partial charge in [0.15, 0.2) is 0 Å². The Morgan fingerprint density at radius 2 is 0.857 bits per heavy atom. The molecule has 0 atom stereocenters. The molecule has 0 N–H and O–H groups in total. The molecule has 0 spiro atoms. The number of rotatable bonds is 7. The van der Waals surface area contributed by atoms with E-state index in [0.29, 0.717) is 11.8 Å². The van der Waals surface area contributed by atoms with E-state index in [0.717, 1.165) is 93.8 Å². The Morgan fingerprint density at radius 3 is 1.53 bits per heavy atom. The van der Waals surface area contributed by atoms with Gasteiger partial charge in [-0.3, -0.25) is 13.4 Å². The molecule has 0 saturated carbocycles. The molecule has 0 fully saturated rings. The SMILES string of the molecule is c1ccc(S(c2ccccc2)(c2cccc(-c3cc(-n4c5ccccc5n5c6ccccc6nc45)nc(-n4c5ccccc5n5c6ccccc6nc45)n3)c2)c2ccc3oc4ccccc4c3c2)cc1. The van der Waals surface area contributed by atoms with Crippen molar-refractivity contribution in [3.8, 4) is 23.0 Å². The molecule has 330 valence electrons. The molecule has 0 saturated heterocycles. The van der Waals surface area contributed by atoms with E-state index in [4.69, 9.17) is 24.4 Å². The minimum absolute atomic E-state index is 0.494. The van der Waals surface area contributed by atoms with Crippen molar-refractivity contribution in [1.82, 2.24) is 37.9 Å². The number of fused-ring (bicyclic) bond motifs is 13. The summed E-state index contributed by atoms with van der Waals surface area (Å²) in [6, 6.07) is 81.5. The topological polar surface area (TPSA) is 83.4 Å². The van der Waals surface area contributed by atoms with Gasteiger partial charge in [-0.05, 0) is 109 Å². The molecule has 6 heterocycles. The summed E-state index contributed by atoms with van der Waals surface area (Å²) in [6.07, 6.45) is 0. The van der Waals surface area contributed by atoms with Crippen LogP contribution in [0.3, 0.4) is 0 Å². The number of imidazole rings is 4. The number of furan rings is 1. The van der Waals surface area contributed by atoms with Gasteiger partial charge < -0.3 is 4.42 Å². The van der Waals surface area contributed by atoms with Gasteiger partial charge in [0.05, 0.1) is 49.8 Å². The lowest BCUT2D eigenvalue weighted by atomic mass is 10.1. The highest BCUT2D eigenvalue weighted by molar-refractivity contribution is 8.34. The third kappa shape index (κ3) is 5.50. The van der Waals surface area contributed by atoms with Crippen molar-refractivity contribution in [2.45, 2.75) is 19.6 Å². The smallest absolute Gasteiger partial charge is 0.239 e. The van der Waals surface area contributed by atoms with Crippen LogP contribution in [0, 0.1) is 0 Å². The molecule has 15 aromatic rings. The number of hydrogen-bond donors (Lipinski definition) is 0. The summed E-state index contributed by atoms with van der Waals surface area (Å²) < 4.78 is 15.1. The van der Waals surface area contributed by atoms with Crippen LogP contribution in [0.15, 0.2) is 255 Å². The van der Waals surface area contributed by atoms with Gasteiger partial charge in [0.1, 0.15) is 17.0 Å². The second-order valence-corrected chi connectivity index (χ2v) is 20.7. The number of benzene rings is 9. The standard InChI is InChI=1S/C60H38N8OS/c1-3-19-40(20-4-1)70(41-21-5-2-6-22-41,43-34-35-56-45(37-43)44-24-7-16-33-55(44)69-56)42-23-17-18-39(36-42)48-38-57(67-53-31-14-12-29-51(53)65-49-27-10-8-25-46(49)62-59(65)67)64-58(61-48)68-54-32-15-13-30-52(54)66-50-28-11-9-26-47(50)63-60(66)68/h1-38H. The van der Waals surface area contributed by atoms with Gasteiger partial charge in [0, 0.05) is 42.0 Å². The van der Waals surface area contributed by atoms with E-state index in [1.165, 1.54) is 14.7 Å². The van der Waals surface area contributed by atoms with Crippen LogP contribution in [-0.2, 0) is 0 Å². The molecule has 15 rings (SSSR count). The average molecular weight is 919 g/mol. The third-order valence-electron chi connectivity index (χ3n) is 13.7. The van der Waals surface area contributed by atoms with Crippen molar-refractivity contribution in [1.29, 1.82) is 0 Å². The van der Waals surface area contributed by atoms with Gasteiger partial charge >= 0.3 is 0 Å². The Bertz CT molecular complexity index is 4360. The highest BCUT2D eigenvalue weighted by Gasteiger charge is 2.34. The quantitative estimate of drug-likeness (QED) is 0.159. The van der Waals surface area contributed by atoms with Gasteiger partial charge in [-0.2, -0.15) is 4.98 Å². The maximum atomic E-state index is 6.42. The Morgan fingerprint density at radius 1 is 0.343 bits per heavy atom. The molecule has 9 nitrogen and oxygen atoms in total. The third-order valence-corrected chi connectivity index (χ3v) is 17.6. The molecule has 0 bridgehead atoms. The molecule has 9 aromatic carbocycles. The molecule has 0 aliphatic rings. The van der Waals surface area contributed by atoms with Crippen molar-refractivity contribution in [2.75, 3.05) is 0 Å². The van der Waals surface area contributed by atoms with E-state index in [9.17, 15) is 0 Å². The maximum Gasteiger partial charge on any atom is 0.239 e. The summed E-state index contributed by atoms with van der Waals surface area (Å²) in [6.45, 7) is 0. The molecule has 6 aromatic heterocycles. The van der Waals surface area contributed by atoms with Gasteiger partial charge in [0.2, 0.25) is 17.5 Å². The maximum absolute atomic E-state index is 6.42. The minimum Gasteiger partial charge on any atom is -0.456 e. The van der Waals surface area contributed by atoms with Crippen LogP contribution in [0.4, 0.5) is 0 Å². The van der Waals surface area contributed by atoms with E-state index in [1.54, 1.807) is 0 Å². The number of nitrogens with zero attached hydrogens (tertiary/aromatic N) is 8. The van der Waals surface area contributed by atoms with Crippen LogP contribution in [0.25, 0.3) is 101 Å². The predicted molar refractivity (Wildman–Crippen MR) is 281 cm³/mol. The molecule has 0 radical (unpaired) electrons. The summed E-state index contributed by atoms with van der Waals surface area (Å²) >= 11 is 0. The van der Waals surface area contributed by atoms with Gasteiger partial charge in [-0.25, -0.2) is 19.5 Å². The summed E-state index contributed by atoms with van der Waals surface area (Å²) in [5, 5.41) is 2.18. The highest BCUT2D eigenvalue weighted by Crippen LogP contribution is 2.74. The van der Waals surface area contributed by atoms with Crippen molar-refractivity contribution in [2.24, 2.45) is 0 Å². The fourth-order valence-corrected chi connectivity index (χ4v) is 14.6. The van der Waals surface area contributed by atoms with E-state index < -0.39 is 10.0 Å². The zero-order chi connectivity index (χ0) is 45.9. The average Bonchev–Trinajstić information content (AvgIpc) is 4.23. The lowest BCUT2D eigenvalue weighted by Gasteiger charge is -2.42. The van der Waals surface area contributed by atoms with Crippen LogP contribution in [0.1, 0.15) is 0 Å². The van der Waals surface area contributed by atoms with Gasteiger partial charge in [-0.15, -0.1) is 10.0 Å². The van der Waals surface area contributed by atoms with Crippen molar-refractivity contribution >= 4 is 87.7 Å². The van der Waals surface area contributed by atoms with Gasteiger partial charge in [0.25, 0.3) is 0 Å². The first kappa shape index (κ1) is 38.8. The van der Waals surface area contributed by atoms with E-state index in [1.807, 2.05) is 24.3 Å². The molecule has 10 heteroatoms. The number of para-hydroxylation sites is 9. The fourth-order valence-electron chi connectivity index (χ4n) is 10.7. The van der Waals surface area contributed by atoms with Crippen LogP contribution in [-0.4, -0.2) is 37.9 Å². The van der Waals surface area contributed by atoms with Gasteiger partial charge in [-0.1, -0.05) is 115 Å². The Balaban J connectivity index is 1.04. The first-order chi connectivity index (χ1) is 34.7. The molecule has 0 amide bonds. The Kier molecular flexibility index (Phi) is 8.25. The predicted octanol–water partition coefficient (Wildman–Crippen LogP) is 14.9. The Labute approximate surface area is 401 Å². The second-order valence-electron chi connectivity index (χ2n) is 17.6. The zero-order valence-corrected chi connectivity index (χ0v) is 38.2. The molecule has 70 heavy (non-hydrogen) atoms. The summed E-state index contributed by atoms with van der Waals surface area (Å²) in [5.41, 5.74) is 11.3. The van der Waals surface area contributed by atoms with E-state index in [2.05, 4.69) is 224 Å². The van der Waals surface area contributed by atoms with E-state index >= 15 is 0 Å². The highest BCUT2D eigenvalue weighted by atomic mass is 32.3.